The molecule has 1 saturated carbocycles. The van der Waals surface area contributed by atoms with E-state index in [0.29, 0.717) is 17.4 Å². The van der Waals surface area contributed by atoms with E-state index in [0.717, 1.165) is 35.3 Å². The van der Waals surface area contributed by atoms with Crippen LogP contribution in [0, 0.1) is 6.92 Å². The number of nitrogens with zero attached hydrogens (tertiary/aromatic N) is 6. The number of carbonyl (C=O) groups excluding carboxylic acids is 1. The molecule has 0 bridgehead atoms. The van der Waals surface area contributed by atoms with E-state index >= 15 is 0 Å². The SMILES string of the molecule is Cc1nn(C)c2nc(C3CC3)cc(C(=O)N(C)c3ncccn3)c12. The third-order valence-corrected chi connectivity index (χ3v) is 4.37. The standard InChI is InChI=1S/C17H18N6O/c1-10-14-12(16(24)22(2)17-18-7-4-8-19-17)9-13(11-5-6-11)20-15(14)23(3)21-10/h4,7-9,11H,5-6H2,1-3H3. The number of pyridine rings is 1. The molecule has 0 spiro atoms. The molecule has 0 radical (unpaired) electrons. The fraction of sp³-hybridized carbons (Fsp3) is 0.353. The van der Waals surface area contributed by atoms with Gasteiger partial charge in [-0.1, -0.05) is 0 Å². The molecule has 3 aromatic heterocycles. The molecule has 0 saturated heterocycles. The maximum atomic E-state index is 13.1. The molecule has 0 atom stereocenters. The molecule has 0 N–H and O–H groups in total. The lowest BCUT2D eigenvalue weighted by molar-refractivity contribution is 0.0993. The predicted molar refractivity (Wildman–Crippen MR) is 90.0 cm³/mol. The number of hydrogen-bond acceptors (Lipinski definition) is 5. The summed E-state index contributed by atoms with van der Waals surface area (Å²) in [6.45, 7) is 1.90. The molecule has 7 nitrogen and oxygen atoms in total. The van der Waals surface area contributed by atoms with Crippen LogP contribution in [0.4, 0.5) is 5.95 Å². The zero-order chi connectivity index (χ0) is 16.8. The fourth-order valence-corrected chi connectivity index (χ4v) is 2.96. The van der Waals surface area contributed by atoms with Crippen molar-refractivity contribution in [2.45, 2.75) is 25.7 Å². The monoisotopic (exact) mass is 322 g/mol. The zero-order valence-corrected chi connectivity index (χ0v) is 13.9. The van der Waals surface area contributed by atoms with E-state index < -0.39 is 0 Å². The molecule has 1 fully saturated rings. The van der Waals surface area contributed by atoms with E-state index in [1.165, 1.54) is 4.90 Å². The fourth-order valence-electron chi connectivity index (χ4n) is 2.96. The number of aromatic nitrogens is 5. The number of hydrogen-bond donors (Lipinski definition) is 0. The van der Waals surface area contributed by atoms with Crippen molar-refractivity contribution in [3.8, 4) is 0 Å². The number of carbonyl (C=O) groups is 1. The molecule has 0 aromatic carbocycles. The Balaban J connectivity index is 1.87. The van der Waals surface area contributed by atoms with Crippen LogP contribution in [0.1, 0.15) is 40.5 Å². The molecule has 122 valence electrons. The highest BCUT2D eigenvalue weighted by Gasteiger charge is 2.29. The van der Waals surface area contributed by atoms with Gasteiger partial charge in [-0.05, 0) is 31.9 Å². The summed E-state index contributed by atoms with van der Waals surface area (Å²) in [5.41, 5.74) is 3.13. The van der Waals surface area contributed by atoms with Gasteiger partial charge in [0.15, 0.2) is 5.65 Å². The summed E-state index contributed by atoms with van der Waals surface area (Å²) >= 11 is 0. The highest BCUT2D eigenvalue weighted by molar-refractivity contribution is 6.13. The van der Waals surface area contributed by atoms with Crippen molar-refractivity contribution >= 4 is 22.9 Å². The molecule has 1 amide bonds. The summed E-state index contributed by atoms with van der Waals surface area (Å²) in [5, 5.41) is 5.24. The molecular weight excluding hydrogens is 304 g/mol. The first-order valence-corrected chi connectivity index (χ1v) is 7.95. The van der Waals surface area contributed by atoms with Crippen molar-refractivity contribution in [3.05, 3.63) is 41.5 Å². The van der Waals surface area contributed by atoms with Gasteiger partial charge in [0.05, 0.1) is 16.6 Å². The Hall–Kier alpha value is -2.83. The van der Waals surface area contributed by atoms with Crippen LogP contribution in [0.5, 0.6) is 0 Å². The Labute approximate surface area is 139 Å². The largest absolute Gasteiger partial charge is 0.280 e. The second kappa shape index (κ2) is 5.36. The second-order valence-corrected chi connectivity index (χ2v) is 6.19. The van der Waals surface area contributed by atoms with Crippen LogP contribution in [0.3, 0.4) is 0 Å². The summed E-state index contributed by atoms with van der Waals surface area (Å²) in [7, 11) is 3.55. The lowest BCUT2D eigenvalue weighted by Crippen LogP contribution is -2.28. The molecule has 7 heteroatoms. The van der Waals surface area contributed by atoms with Crippen molar-refractivity contribution in [2.24, 2.45) is 7.05 Å². The zero-order valence-electron chi connectivity index (χ0n) is 13.9. The normalized spacial score (nSPS) is 14.1. The minimum atomic E-state index is -0.147. The van der Waals surface area contributed by atoms with Crippen LogP contribution < -0.4 is 4.90 Å². The number of rotatable bonds is 3. The van der Waals surface area contributed by atoms with Crippen molar-refractivity contribution in [3.63, 3.8) is 0 Å². The van der Waals surface area contributed by atoms with Gasteiger partial charge in [-0.2, -0.15) is 5.10 Å². The topological polar surface area (TPSA) is 76.8 Å². The first kappa shape index (κ1) is 14.7. The van der Waals surface area contributed by atoms with Gasteiger partial charge in [-0.25, -0.2) is 15.0 Å². The number of aryl methyl sites for hydroxylation is 2. The van der Waals surface area contributed by atoms with Crippen molar-refractivity contribution < 1.29 is 4.79 Å². The molecule has 24 heavy (non-hydrogen) atoms. The highest BCUT2D eigenvalue weighted by Crippen LogP contribution is 2.40. The van der Waals surface area contributed by atoms with Gasteiger partial charge in [-0.15, -0.1) is 0 Å². The average molecular weight is 322 g/mol. The van der Waals surface area contributed by atoms with Gasteiger partial charge >= 0.3 is 0 Å². The van der Waals surface area contributed by atoms with Gasteiger partial charge < -0.3 is 0 Å². The molecule has 1 aliphatic carbocycles. The van der Waals surface area contributed by atoms with Crippen LogP contribution >= 0.6 is 0 Å². The minimum Gasteiger partial charge on any atom is -0.280 e. The Morgan fingerprint density at radius 3 is 2.67 bits per heavy atom. The molecular formula is C17H18N6O. The molecule has 0 unspecified atom stereocenters. The molecule has 3 aromatic rings. The van der Waals surface area contributed by atoms with Crippen LogP contribution in [-0.2, 0) is 7.05 Å². The van der Waals surface area contributed by atoms with E-state index in [2.05, 4.69) is 15.1 Å². The van der Waals surface area contributed by atoms with E-state index in [4.69, 9.17) is 4.98 Å². The summed E-state index contributed by atoms with van der Waals surface area (Å²) in [6.07, 6.45) is 5.50. The van der Waals surface area contributed by atoms with Gasteiger partial charge in [0.25, 0.3) is 5.91 Å². The Morgan fingerprint density at radius 2 is 2.00 bits per heavy atom. The van der Waals surface area contributed by atoms with Gasteiger partial charge in [0.2, 0.25) is 5.95 Å². The van der Waals surface area contributed by atoms with Crippen LogP contribution in [-0.4, -0.2) is 37.7 Å². The lowest BCUT2D eigenvalue weighted by atomic mass is 10.1. The Bertz CT molecular complexity index is 929. The van der Waals surface area contributed by atoms with E-state index in [1.54, 1.807) is 30.2 Å². The van der Waals surface area contributed by atoms with E-state index in [-0.39, 0.29) is 5.91 Å². The van der Waals surface area contributed by atoms with Crippen LogP contribution in [0.25, 0.3) is 11.0 Å². The average Bonchev–Trinajstić information content (AvgIpc) is 3.41. The predicted octanol–water partition coefficient (Wildman–Crippen LogP) is 2.22. The highest BCUT2D eigenvalue weighted by atomic mass is 16.2. The number of amides is 1. The quantitative estimate of drug-likeness (QED) is 0.739. The first-order valence-electron chi connectivity index (χ1n) is 7.95. The summed E-state index contributed by atoms with van der Waals surface area (Å²) in [4.78, 5) is 27.6. The Kier molecular flexibility index (Phi) is 3.30. The van der Waals surface area contributed by atoms with E-state index in [9.17, 15) is 4.79 Å². The maximum absolute atomic E-state index is 13.1. The van der Waals surface area contributed by atoms with Crippen molar-refractivity contribution in [1.29, 1.82) is 0 Å². The van der Waals surface area contributed by atoms with E-state index in [1.807, 2.05) is 20.0 Å². The third kappa shape index (κ3) is 2.33. The number of anilines is 1. The second-order valence-electron chi connectivity index (χ2n) is 6.19. The molecule has 3 heterocycles. The molecule has 0 aliphatic heterocycles. The smallest absolute Gasteiger partial charge is 0.261 e. The summed E-state index contributed by atoms with van der Waals surface area (Å²) < 4.78 is 1.74. The number of fused-ring (bicyclic) bond motifs is 1. The van der Waals surface area contributed by atoms with Gasteiger partial charge in [0.1, 0.15) is 0 Å². The van der Waals surface area contributed by atoms with Crippen LogP contribution in [0.2, 0.25) is 0 Å². The summed E-state index contributed by atoms with van der Waals surface area (Å²) in [5.74, 6) is 0.683. The van der Waals surface area contributed by atoms with Gasteiger partial charge in [0, 0.05) is 38.1 Å². The lowest BCUT2D eigenvalue weighted by Gasteiger charge is -2.16. The first-order chi connectivity index (χ1) is 11.6. The van der Waals surface area contributed by atoms with Crippen molar-refractivity contribution in [2.75, 3.05) is 11.9 Å². The minimum absolute atomic E-state index is 0.147. The molecule has 1 aliphatic rings. The third-order valence-electron chi connectivity index (χ3n) is 4.37. The maximum Gasteiger partial charge on any atom is 0.261 e. The molecule has 4 rings (SSSR count). The van der Waals surface area contributed by atoms with Gasteiger partial charge in [-0.3, -0.25) is 14.4 Å². The summed E-state index contributed by atoms with van der Waals surface area (Å²) in [6, 6.07) is 3.64. The van der Waals surface area contributed by atoms with Crippen molar-refractivity contribution in [1.82, 2.24) is 24.7 Å². The Morgan fingerprint density at radius 1 is 1.29 bits per heavy atom. The van der Waals surface area contributed by atoms with Crippen LogP contribution in [0.15, 0.2) is 24.5 Å².